The number of nitrogens with zero attached hydrogens (tertiary/aromatic N) is 4. The molecule has 0 spiro atoms. The summed E-state index contributed by atoms with van der Waals surface area (Å²) >= 11 is 1.27. The van der Waals surface area contributed by atoms with Crippen LogP contribution in [-0.4, -0.2) is 29.3 Å². The molecule has 1 aromatic rings. The highest BCUT2D eigenvalue weighted by Gasteiger charge is 2.23. The van der Waals surface area contributed by atoms with E-state index in [1.165, 1.54) is 11.8 Å². The zero-order chi connectivity index (χ0) is 15.1. The first-order valence-electron chi connectivity index (χ1n) is 6.24. The molecule has 1 fully saturated rings. The Morgan fingerprint density at radius 2 is 2.10 bits per heavy atom. The Hall–Kier alpha value is -2.44. The van der Waals surface area contributed by atoms with Crippen LogP contribution < -0.4 is 5.32 Å². The maximum Gasteiger partial charge on any atom is 0.264 e. The van der Waals surface area contributed by atoms with Gasteiger partial charge in [0.25, 0.3) is 5.91 Å². The van der Waals surface area contributed by atoms with Crippen molar-refractivity contribution in [3.63, 3.8) is 0 Å². The van der Waals surface area contributed by atoms with Gasteiger partial charge in [0.05, 0.1) is 4.91 Å². The Labute approximate surface area is 125 Å². The predicted octanol–water partition coefficient (Wildman–Crippen LogP) is 2.65. The van der Waals surface area contributed by atoms with Gasteiger partial charge in [-0.25, -0.2) is 0 Å². The third-order valence-corrected chi connectivity index (χ3v) is 3.52. The molecular weight excluding hydrogens is 290 g/mol. The largest absolute Gasteiger partial charge is 0.508 e. The van der Waals surface area contributed by atoms with Gasteiger partial charge in [0.15, 0.2) is 5.17 Å². The van der Waals surface area contributed by atoms with Gasteiger partial charge in [-0.15, -0.1) is 0 Å². The summed E-state index contributed by atoms with van der Waals surface area (Å²) < 4.78 is 0. The van der Waals surface area contributed by atoms with Gasteiger partial charge >= 0.3 is 0 Å². The van der Waals surface area contributed by atoms with Gasteiger partial charge < -0.3 is 10.4 Å². The van der Waals surface area contributed by atoms with Crippen molar-refractivity contribution in [1.82, 2.24) is 5.32 Å². The third-order valence-electron chi connectivity index (χ3n) is 2.58. The van der Waals surface area contributed by atoms with Gasteiger partial charge in [-0.2, -0.15) is 0 Å². The van der Waals surface area contributed by atoms with Gasteiger partial charge in [0.2, 0.25) is 0 Å². The molecule has 108 valence electrons. The SMILES string of the molecule is [N-]=[N+]=NCCCN=C1NC(=O)/C(=C/c2ccc(O)cc2)S1. The molecule has 1 heterocycles. The maximum atomic E-state index is 11.8. The highest BCUT2D eigenvalue weighted by atomic mass is 32.2. The topological polar surface area (TPSA) is 110 Å². The summed E-state index contributed by atoms with van der Waals surface area (Å²) in [4.78, 5) is 19.2. The average molecular weight is 303 g/mol. The fourth-order valence-electron chi connectivity index (χ4n) is 1.59. The number of nitrogens with one attached hydrogen (secondary N) is 1. The Morgan fingerprint density at radius 3 is 2.81 bits per heavy atom. The van der Waals surface area contributed by atoms with Gasteiger partial charge in [-0.05, 0) is 47.5 Å². The summed E-state index contributed by atoms with van der Waals surface area (Å²) in [6.07, 6.45) is 2.38. The number of hydrogen-bond donors (Lipinski definition) is 2. The molecule has 8 heteroatoms. The van der Waals surface area contributed by atoms with Crippen LogP contribution in [0.3, 0.4) is 0 Å². The van der Waals surface area contributed by atoms with E-state index >= 15 is 0 Å². The standard InChI is InChI=1S/C13H13N5O2S/c14-18-16-7-1-6-15-13-17-12(20)11(21-13)8-9-2-4-10(19)5-3-9/h2-5,8,19H,1,6-7H2,(H,15,17,20)/b11-8-. The van der Waals surface area contributed by atoms with Crippen molar-refractivity contribution in [2.45, 2.75) is 6.42 Å². The molecule has 0 aromatic heterocycles. The molecule has 0 unspecified atom stereocenters. The Morgan fingerprint density at radius 1 is 1.33 bits per heavy atom. The average Bonchev–Trinajstić information content (AvgIpc) is 2.81. The van der Waals surface area contributed by atoms with Crippen LogP contribution in [0, 0.1) is 0 Å². The fourth-order valence-corrected chi connectivity index (χ4v) is 2.44. The summed E-state index contributed by atoms with van der Waals surface area (Å²) in [6, 6.07) is 6.58. The molecule has 1 saturated heterocycles. The van der Waals surface area contributed by atoms with Crippen molar-refractivity contribution in [1.29, 1.82) is 0 Å². The van der Waals surface area contributed by atoms with Gasteiger partial charge in [-0.3, -0.25) is 9.79 Å². The number of aromatic hydroxyl groups is 1. The van der Waals surface area contributed by atoms with E-state index in [-0.39, 0.29) is 11.7 Å². The highest BCUT2D eigenvalue weighted by molar-refractivity contribution is 8.18. The van der Waals surface area contributed by atoms with Crippen LogP contribution >= 0.6 is 11.8 Å². The number of amidine groups is 1. The smallest absolute Gasteiger partial charge is 0.264 e. The van der Waals surface area contributed by atoms with Crippen LogP contribution in [-0.2, 0) is 4.79 Å². The molecule has 0 bridgehead atoms. The minimum atomic E-state index is -0.193. The number of benzene rings is 1. The number of thioether (sulfide) groups is 1. The number of amides is 1. The molecule has 21 heavy (non-hydrogen) atoms. The van der Waals surface area contributed by atoms with Crippen LogP contribution in [0.15, 0.2) is 39.3 Å². The second kappa shape index (κ2) is 7.37. The number of carbonyl (C=O) groups is 1. The summed E-state index contributed by atoms with van der Waals surface area (Å²) in [6.45, 7) is 0.885. The van der Waals surface area contributed by atoms with Crippen LogP contribution in [0.5, 0.6) is 5.75 Å². The Balaban J connectivity index is 1.97. The summed E-state index contributed by atoms with van der Waals surface area (Å²) in [5.74, 6) is -0.00942. The van der Waals surface area contributed by atoms with E-state index in [4.69, 9.17) is 5.53 Å². The number of aliphatic imine (C=N–C) groups is 1. The molecule has 0 atom stereocenters. The van der Waals surface area contributed by atoms with Crippen molar-refractivity contribution in [3.05, 3.63) is 45.2 Å². The number of carbonyl (C=O) groups excluding carboxylic acids is 1. The lowest BCUT2D eigenvalue weighted by atomic mass is 10.2. The van der Waals surface area contributed by atoms with Crippen LogP contribution in [0.4, 0.5) is 0 Å². The quantitative estimate of drug-likeness (QED) is 0.287. The lowest BCUT2D eigenvalue weighted by Gasteiger charge is -1.95. The Bertz CT molecular complexity index is 632. The number of phenols is 1. The second-order valence-corrected chi connectivity index (χ2v) is 5.18. The first-order valence-corrected chi connectivity index (χ1v) is 7.06. The fraction of sp³-hybridized carbons (Fsp3) is 0.231. The normalized spacial score (nSPS) is 17.8. The maximum absolute atomic E-state index is 11.8. The summed E-state index contributed by atoms with van der Waals surface area (Å²) in [5.41, 5.74) is 8.97. The zero-order valence-corrected chi connectivity index (χ0v) is 11.9. The van der Waals surface area contributed by atoms with E-state index in [1.54, 1.807) is 30.3 Å². The lowest BCUT2D eigenvalue weighted by Crippen LogP contribution is -2.20. The minimum Gasteiger partial charge on any atom is -0.508 e. The monoisotopic (exact) mass is 303 g/mol. The second-order valence-electron chi connectivity index (χ2n) is 4.15. The molecule has 1 aliphatic rings. The molecule has 0 aliphatic carbocycles. The Kier molecular flexibility index (Phi) is 5.25. The number of azide groups is 1. The van der Waals surface area contributed by atoms with E-state index in [0.717, 1.165) is 5.56 Å². The molecule has 0 saturated carbocycles. The molecule has 1 aliphatic heterocycles. The molecular formula is C13H13N5O2S. The van der Waals surface area contributed by atoms with Crippen LogP contribution in [0.1, 0.15) is 12.0 Å². The van der Waals surface area contributed by atoms with Crippen molar-refractivity contribution < 1.29 is 9.90 Å². The minimum absolute atomic E-state index is 0.183. The zero-order valence-electron chi connectivity index (χ0n) is 11.1. The van der Waals surface area contributed by atoms with Crippen molar-refractivity contribution in [3.8, 4) is 5.75 Å². The van der Waals surface area contributed by atoms with E-state index in [1.807, 2.05) is 0 Å². The lowest BCUT2D eigenvalue weighted by molar-refractivity contribution is -0.115. The highest BCUT2D eigenvalue weighted by Crippen LogP contribution is 2.26. The van der Waals surface area contributed by atoms with E-state index in [0.29, 0.717) is 29.6 Å². The summed E-state index contributed by atoms with van der Waals surface area (Å²) in [7, 11) is 0. The predicted molar refractivity (Wildman–Crippen MR) is 82.7 cm³/mol. The van der Waals surface area contributed by atoms with Gasteiger partial charge in [0.1, 0.15) is 5.75 Å². The molecule has 2 N–H and O–H groups in total. The van der Waals surface area contributed by atoms with Crippen LogP contribution in [0.2, 0.25) is 0 Å². The van der Waals surface area contributed by atoms with Crippen molar-refractivity contribution >= 4 is 28.9 Å². The molecule has 2 rings (SSSR count). The van der Waals surface area contributed by atoms with Crippen molar-refractivity contribution in [2.24, 2.45) is 10.1 Å². The molecule has 7 nitrogen and oxygen atoms in total. The number of phenolic OH excluding ortho intramolecular Hbond substituents is 1. The van der Waals surface area contributed by atoms with E-state index < -0.39 is 0 Å². The van der Waals surface area contributed by atoms with E-state index in [9.17, 15) is 9.90 Å². The molecule has 1 amide bonds. The van der Waals surface area contributed by atoms with E-state index in [2.05, 4.69) is 20.3 Å². The first-order chi connectivity index (χ1) is 10.2. The van der Waals surface area contributed by atoms with Crippen LogP contribution in [0.25, 0.3) is 16.5 Å². The third kappa shape index (κ3) is 4.55. The number of hydrogen-bond acceptors (Lipinski definition) is 5. The molecule has 1 aromatic carbocycles. The first kappa shape index (κ1) is 15.0. The summed E-state index contributed by atoms with van der Waals surface area (Å²) in [5, 5.41) is 15.9. The molecule has 0 radical (unpaired) electrons. The van der Waals surface area contributed by atoms with Gasteiger partial charge in [0, 0.05) is 18.0 Å². The number of rotatable bonds is 5. The van der Waals surface area contributed by atoms with Gasteiger partial charge in [-0.1, -0.05) is 17.2 Å². The van der Waals surface area contributed by atoms with Crippen molar-refractivity contribution in [2.75, 3.05) is 13.1 Å².